The van der Waals surface area contributed by atoms with Crippen LogP contribution in [0.1, 0.15) is 26.7 Å². The number of hydrogen-bond acceptors (Lipinski definition) is 7. The van der Waals surface area contributed by atoms with E-state index in [4.69, 9.17) is 20.8 Å². The summed E-state index contributed by atoms with van der Waals surface area (Å²) in [7, 11) is 0. The molecule has 138 valence electrons. The molecule has 1 N–H and O–H groups in total. The number of benzene rings is 1. The Morgan fingerprint density at radius 2 is 2.12 bits per heavy atom. The quantitative estimate of drug-likeness (QED) is 0.684. The van der Waals surface area contributed by atoms with Gasteiger partial charge in [0.25, 0.3) is 11.1 Å². The minimum Gasteiger partial charge on any atom is -0.484 e. The van der Waals surface area contributed by atoms with Gasteiger partial charge in [0, 0.05) is 5.02 Å². The van der Waals surface area contributed by atoms with Crippen LogP contribution in [0.15, 0.2) is 33.9 Å². The molecule has 0 spiro atoms. The van der Waals surface area contributed by atoms with Gasteiger partial charge in [-0.05, 0) is 37.1 Å². The number of aromatic nitrogens is 2. The zero-order valence-electron chi connectivity index (χ0n) is 14.7. The number of nitriles is 1. The lowest BCUT2D eigenvalue weighted by molar-refractivity contribution is -0.120. The highest BCUT2D eigenvalue weighted by molar-refractivity contribution is 7.99. The highest BCUT2D eigenvalue weighted by Gasteiger charge is 2.30. The molecular formula is C17H19ClN4O3S. The van der Waals surface area contributed by atoms with Gasteiger partial charge < -0.3 is 14.5 Å². The van der Waals surface area contributed by atoms with Crippen LogP contribution in [0, 0.1) is 17.2 Å². The Morgan fingerprint density at radius 1 is 1.42 bits per heavy atom. The molecule has 1 aromatic heterocycles. The summed E-state index contributed by atoms with van der Waals surface area (Å²) >= 11 is 6.91. The van der Waals surface area contributed by atoms with Gasteiger partial charge >= 0.3 is 0 Å². The fraction of sp³-hybridized carbons (Fsp3) is 0.412. The zero-order valence-corrected chi connectivity index (χ0v) is 16.2. The van der Waals surface area contributed by atoms with Crippen LogP contribution in [0.2, 0.25) is 5.02 Å². The molecule has 0 aliphatic rings. The molecular weight excluding hydrogens is 376 g/mol. The number of thioether (sulfide) groups is 1. The third-order valence-electron chi connectivity index (χ3n) is 3.74. The van der Waals surface area contributed by atoms with E-state index in [0.29, 0.717) is 16.7 Å². The summed E-state index contributed by atoms with van der Waals surface area (Å²) in [5.41, 5.74) is -0.913. The zero-order chi connectivity index (χ0) is 19.2. The van der Waals surface area contributed by atoms with Crippen molar-refractivity contribution in [3.63, 3.8) is 0 Å². The van der Waals surface area contributed by atoms with Gasteiger partial charge in [0.15, 0.2) is 6.61 Å². The maximum Gasteiger partial charge on any atom is 0.277 e. The summed E-state index contributed by atoms with van der Waals surface area (Å²) in [5.74, 6) is 0.716. The Morgan fingerprint density at radius 3 is 2.73 bits per heavy atom. The molecule has 2 rings (SSSR count). The van der Waals surface area contributed by atoms with Gasteiger partial charge in [0.1, 0.15) is 11.3 Å². The lowest BCUT2D eigenvalue weighted by Crippen LogP contribution is -2.49. The van der Waals surface area contributed by atoms with Gasteiger partial charge in [-0.3, -0.25) is 4.79 Å². The van der Waals surface area contributed by atoms with E-state index in [9.17, 15) is 10.1 Å². The third-order valence-corrected chi connectivity index (χ3v) is 4.81. The highest BCUT2D eigenvalue weighted by Crippen LogP contribution is 2.20. The predicted molar refractivity (Wildman–Crippen MR) is 97.8 cm³/mol. The Bertz CT molecular complexity index is 788. The first-order chi connectivity index (χ1) is 12.3. The molecule has 1 atom stereocenters. The van der Waals surface area contributed by atoms with E-state index in [1.54, 1.807) is 31.2 Å². The number of halogens is 1. The monoisotopic (exact) mass is 394 g/mol. The summed E-state index contributed by atoms with van der Waals surface area (Å²) in [6.45, 7) is 5.56. The second-order valence-corrected chi connectivity index (χ2v) is 7.37. The van der Waals surface area contributed by atoms with Crippen LogP contribution < -0.4 is 10.1 Å². The smallest absolute Gasteiger partial charge is 0.277 e. The van der Waals surface area contributed by atoms with Crippen molar-refractivity contribution in [2.75, 3.05) is 5.75 Å². The van der Waals surface area contributed by atoms with Crippen molar-refractivity contribution < 1.29 is 13.9 Å². The lowest BCUT2D eigenvalue weighted by Gasteiger charge is -2.27. The number of nitrogens with zero attached hydrogens (tertiary/aromatic N) is 3. The van der Waals surface area contributed by atoms with Gasteiger partial charge in [-0.1, -0.05) is 37.2 Å². The van der Waals surface area contributed by atoms with Crippen molar-refractivity contribution in [1.82, 2.24) is 15.5 Å². The van der Waals surface area contributed by atoms with Crippen LogP contribution in [0.25, 0.3) is 0 Å². The van der Waals surface area contributed by atoms with Gasteiger partial charge in [0.05, 0.1) is 11.8 Å². The standard InChI is InChI=1S/C17H19ClN4O3S/c1-11(2)17(3,10-19)20-14(23)9-26-16-22-21-15(25-16)8-24-13-6-4-12(18)5-7-13/h4-7,11H,8-9H2,1-3H3,(H,20,23)/t17-/m1/s1. The first kappa shape index (κ1) is 20.1. The molecule has 1 aromatic carbocycles. The van der Waals surface area contributed by atoms with Crippen LogP contribution in [0.4, 0.5) is 0 Å². The van der Waals surface area contributed by atoms with Crippen LogP contribution in [-0.2, 0) is 11.4 Å². The van der Waals surface area contributed by atoms with E-state index in [2.05, 4.69) is 21.6 Å². The summed E-state index contributed by atoms with van der Waals surface area (Å²) in [5, 5.41) is 20.6. The Labute approximate surface area is 161 Å². The fourth-order valence-corrected chi connectivity index (χ4v) is 2.49. The first-order valence-electron chi connectivity index (χ1n) is 7.88. The van der Waals surface area contributed by atoms with Gasteiger partial charge in [-0.25, -0.2) is 0 Å². The summed E-state index contributed by atoms with van der Waals surface area (Å²) in [6, 6.07) is 9.04. The molecule has 0 saturated carbocycles. The van der Waals surface area contributed by atoms with Crippen LogP contribution in [0.3, 0.4) is 0 Å². The van der Waals surface area contributed by atoms with E-state index in [0.717, 1.165) is 11.8 Å². The molecule has 1 heterocycles. The Hall–Kier alpha value is -2.24. The topological polar surface area (TPSA) is 101 Å². The Balaban J connectivity index is 1.82. The molecule has 1 amide bonds. The SMILES string of the molecule is CC(C)[C@@](C)(C#N)NC(=O)CSc1nnc(COc2ccc(Cl)cc2)o1. The number of nitrogens with one attached hydrogen (secondary N) is 1. The van der Waals surface area contributed by atoms with Crippen molar-refractivity contribution in [3.8, 4) is 11.8 Å². The number of rotatable bonds is 8. The molecule has 0 bridgehead atoms. The molecule has 0 unspecified atom stereocenters. The average Bonchev–Trinajstić information content (AvgIpc) is 3.07. The number of carbonyl (C=O) groups is 1. The summed E-state index contributed by atoms with van der Waals surface area (Å²) < 4.78 is 10.9. The molecule has 0 aliphatic heterocycles. The number of amides is 1. The minimum absolute atomic E-state index is 0.0125. The van der Waals surface area contributed by atoms with Crippen LogP contribution in [0.5, 0.6) is 5.75 Å². The highest BCUT2D eigenvalue weighted by atomic mass is 35.5. The normalized spacial score (nSPS) is 13.1. The van der Waals surface area contributed by atoms with Crippen molar-refractivity contribution in [1.29, 1.82) is 5.26 Å². The van der Waals surface area contributed by atoms with Gasteiger partial charge in [0.2, 0.25) is 5.91 Å². The minimum atomic E-state index is -0.913. The maximum absolute atomic E-state index is 12.0. The lowest BCUT2D eigenvalue weighted by atomic mass is 9.90. The van der Waals surface area contributed by atoms with Crippen molar-refractivity contribution in [2.45, 2.75) is 38.1 Å². The van der Waals surface area contributed by atoms with E-state index in [1.807, 2.05) is 13.8 Å². The molecule has 7 nitrogen and oxygen atoms in total. The number of hydrogen-bond donors (Lipinski definition) is 1. The first-order valence-corrected chi connectivity index (χ1v) is 9.24. The molecule has 2 aromatic rings. The van der Waals surface area contributed by atoms with E-state index in [1.165, 1.54) is 0 Å². The molecule has 9 heteroatoms. The average molecular weight is 395 g/mol. The largest absolute Gasteiger partial charge is 0.484 e. The van der Waals surface area contributed by atoms with Gasteiger partial charge in [-0.2, -0.15) is 5.26 Å². The second-order valence-electron chi connectivity index (χ2n) is 6.01. The number of ether oxygens (including phenoxy) is 1. The van der Waals surface area contributed by atoms with Gasteiger partial charge in [-0.15, -0.1) is 10.2 Å². The molecule has 0 fully saturated rings. The van der Waals surface area contributed by atoms with Crippen molar-refractivity contribution >= 4 is 29.3 Å². The van der Waals surface area contributed by atoms with E-state index < -0.39 is 5.54 Å². The molecule has 0 aliphatic carbocycles. The second kappa shape index (κ2) is 8.92. The van der Waals surface area contributed by atoms with Crippen molar-refractivity contribution in [3.05, 3.63) is 35.2 Å². The predicted octanol–water partition coefficient (Wildman–Crippen LogP) is 3.45. The molecule has 0 saturated heterocycles. The van der Waals surface area contributed by atoms with Crippen molar-refractivity contribution in [2.24, 2.45) is 5.92 Å². The number of carbonyl (C=O) groups excluding carboxylic acids is 1. The maximum atomic E-state index is 12.0. The molecule has 26 heavy (non-hydrogen) atoms. The summed E-state index contributed by atoms with van der Waals surface area (Å²) in [4.78, 5) is 12.0. The summed E-state index contributed by atoms with van der Waals surface area (Å²) in [6.07, 6.45) is 0. The van der Waals surface area contributed by atoms with Crippen LogP contribution in [-0.4, -0.2) is 27.4 Å². The van der Waals surface area contributed by atoms with E-state index >= 15 is 0 Å². The van der Waals surface area contributed by atoms with E-state index in [-0.39, 0.29) is 29.4 Å². The third kappa shape index (κ3) is 5.64. The van der Waals surface area contributed by atoms with Crippen LogP contribution >= 0.6 is 23.4 Å². The Kier molecular flexibility index (Phi) is 6.89. The molecule has 0 radical (unpaired) electrons. The fourth-order valence-electron chi connectivity index (χ4n) is 1.79.